The van der Waals surface area contributed by atoms with E-state index in [0.29, 0.717) is 12.2 Å². The van der Waals surface area contributed by atoms with E-state index in [2.05, 4.69) is 5.10 Å². The highest BCUT2D eigenvalue weighted by molar-refractivity contribution is 5.28. The van der Waals surface area contributed by atoms with Crippen LogP contribution in [0.5, 0.6) is 0 Å². The lowest BCUT2D eigenvalue weighted by Gasteiger charge is -2.13. The number of hydrogen-bond donors (Lipinski definition) is 1. The van der Waals surface area contributed by atoms with Gasteiger partial charge in [0, 0.05) is 18.2 Å². The van der Waals surface area contributed by atoms with Gasteiger partial charge in [0.15, 0.2) is 5.69 Å². The third-order valence-electron chi connectivity index (χ3n) is 3.19. The molecule has 1 fully saturated rings. The quantitative estimate of drug-likeness (QED) is 0.865. The molecule has 0 saturated heterocycles. The van der Waals surface area contributed by atoms with Crippen LogP contribution in [0.4, 0.5) is 13.2 Å². The first-order chi connectivity index (χ1) is 7.39. The van der Waals surface area contributed by atoms with Gasteiger partial charge in [-0.05, 0) is 31.9 Å². The molecule has 1 aromatic heterocycles. The Hall–Kier alpha value is -1.04. The first-order valence-electron chi connectivity index (χ1n) is 5.21. The maximum Gasteiger partial charge on any atom is 0.435 e. The molecular formula is C10H14F3N3. The summed E-state index contributed by atoms with van der Waals surface area (Å²) < 4.78 is 38.8. The Balaban J connectivity index is 2.33. The van der Waals surface area contributed by atoms with Gasteiger partial charge in [-0.1, -0.05) is 0 Å². The van der Waals surface area contributed by atoms with E-state index < -0.39 is 11.9 Å². The van der Waals surface area contributed by atoms with Crippen LogP contribution >= 0.6 is 0 Å². The topological polar surface area (TPSA) is 43.8 Å². The van der Waals surface area contributed by atoms with E-state index >= 15 is 0 Å². The number of aromatic nitrogens is 2. The van der Waals surface area contributed by atoms with Crippen molar-refractivity contribution in [2.24, 2.45) is 12.8 Å². The Morgan fingerprint density at radius 3 is 2.50 bits per heavy atom. The van der Waals surface area contributed by atoms with Crippen LogP contribution in [0.15, 0.2) is 6.07 Å². The molecule has 0 aromatic carbocycles. The highest BCUT2D eigenvalue weighted by Gasteiger charge is 2.47. The van der Waals surface area contributed by atoms with E-state index in [-0.39, 0.29) is 5.41 Å². The summed E-state index contributed by atoms with van der Waals surface area (Å²) in [7, 11) is 1.56. The van der Waals surface area contributed by atoms with Crippen molar-refractivity contribution in [3.05, 3.63) is 17.5 Å². The molecule has 0 radical (unpaired) electrons. The van der Waals surface area contributed by atoms with Crippen molar-refractivity contribution < 1.29 is 13.2 Å². The van der Waals surface area contributed by atoms with E-state index in [1.807, 2.05) is 0 Å². The second-order valence-electron chi connectivity index (χ2n) is 4.36. The van der Waals surface area contributed by atoms with Gasteiger partial charge in [-0.3, -0.25) is 4.68 Å². The molecule has 0 atom stereocenters. The summed E-state index contributed by atoms with van der Waals surface area (Å²) in [6.07, 6.45) is -1.83. The van der Waals surface area contributed by atoms with Crippen LogP contribution in [-0.2, 0) is 18.6 Å². The Morgan fingerprint density at radius 1 is 1.50 bits per heavy atom. The fourth-order valence-corrected chi connectivity index (χ4v) is 2.16. The molecule has 1 saturated carbocycles. The van der Waals surface area contributed by atoms with Gasteiger partial charge in [0.1, 0.15) is 0 Å². The van der Waals surface area contributed by atoms with Crippen LogP contribution < -0.4 is 5.73 Å². The first kappa shape index (κ1) is 11.4. The Labute approximate surface area is 91.4 Å². The molecule has 90 valence electrons. The summed E-state index contributed by atoms with van der Waals surface area (Å²) >= 11 is 0. The normalized spacial score (nSPS) is 18.8. The number of aryl methyl sites for hydroxylation is 1. The minimum absolute atomic E-state index is 0.153. The van der Waals surface area contributed by atoms with Crippen molar-refractivity contribution in [1.29, 1.82) is 0 Å². The van der Waals surface area contributed by atoms with E-state index in [1.165, 1.54) is 4.68 Å². The molecule has 1 heterocycles. The summed E-state index contributed by atoms with van der Waals surface area (Å²) in [4.78, 5) is 0. The molecule has 6 heteroatoms. The number of alkyl halides is 3. The van der Waals surface area contributed by atoms with Crippen LogP contribution in [-0.4, -0.2) is 16.3 Å². The lowest BCUT2D eigenvalue weighted by molar-refractivity contribution is -0.141. The van der Waals surface area contributed by atoms with Crippen LogP contribution in [0.3, 0.4) is 0 Å². The Kier molecular flexibility index (Phi) is 2.49. The maximum atomic E-state index is 12.5. The lowest BCUT2D eigenvalue weighted by Crippen LogP contribution is -2.16. The number of rotatable bonds is 3. The zero-order chi connectivity index (χ0) is 12.0. The van der Waals surface area contributed by atoms with E-state index in [1.54, 1.807) is 7.05 Å². The lowest BCUT2D eigenvalue weighted by atomic mass is 9.98. The second-order valence-corrected chi connectivity index (χ2v) is 4.36. The fourth-order valence-electron chi connectivity index (χ4n) is 2.16. The molecule has 0 amide bonds. The molecule has 2 N–H and O–H groups in total. The summed E-state index contributed by atoms with van der Waals surface area (Å²) in [5.74, 6) is 0. The third-order valence-corrected chi connectivity index (χ3v) is 3.19. The molecule has 0 aliphatic heterocycles. The standard InChI is InChI=1S/C10H14F3N3/c1-16-8(9(2-3-9)4-5-14)6-7(15-16)10(11,12)13/h6H,2-5,14H2,1H3. The predicted octanol–water partition coefficient (Wildman–Crippen LogP) is 1.82. The first-order valence-corrected chi connectivity index (χ1v) is 5.21. The summed E-state index contributed by atoms with van der Waals surface area (Å²) in [5.41, 5.74) is 5.18. The highest BCUT2D eigenvalue weighted by Crippen LogP contribution is 2.51. The minimum atomic E-state index is -4.37. The SMILES string of the molecule is Cn1nc(C(F)(F)F)cc1C1(CCN)CC1. The highest BCUT2D eigenvalue weighted by atomic mass is 19.4. The van der Waals surface area contributed by atoms with Gasteiger partial charge in [-0.25, -0.2) is 0 Å². The summed E-state index contributed by atoms with van der Waals surface area (Å²) in [6.45, 7) is 0.493. The molecule has 1 aromatic rings. The zero-order valence-electron chi connectivity index (χ0n) is 9.01. The van der Waals surface area contributed by atoms with Gasteiger partial charge < -0.3 is 5.73 Å². The smallest absolute Gasteiger partial charge is 0.330 e. The van der Waals surface area contributed by atoms with Crippen molar-refractivity contribution in [3.63, 3.8) is 0 Å². The molecule has 0 bridgehead atoms. The Bertz CT molecular complexity index is 391. The van der Waals surface area contributed by atoms with Crippen LogP contribution in [0, 0.1) is 0 Å². The van der Waals surface area contributed by atoms with Crippen molar-refractivity contribution in [2.45, 2.75) is 30.9 Å². The van der Waals surface area contributed by atoms with Gasteiger partial charge in [0.2, 0.25) is 0 Å². The van der Waals surface area contributed by atoms with Gasteiger partial charge >= 0.3 is 6.18 Å². The Morgan fingerprint density at radius 2 is 2.12 bits per heavy atom. The van der Waals surface area contributed by atoms with Crippen molar-refractivity contribution in [1.82, 2.24) is 9.78 Å². The number of hydrogen-bond acceptors (Lipinski definition) is 2. The minimum Gasteiger partial charge on any atom is -0.330 e. The summed E-state index contributed by atoms with van der Waals surface area (Å²) in [6, 6.07) is 1.16. The maximum absolute atomic E-state index is 12.5. The van der Waals surface area contributed by atoms with Crippen LogP contribution in [0.25, 0.3) is 0 Å². The molecule has 16 heavy (non-hydrogen) atoms. The molecule has 0 spiro atoms. The average molecular weight is 233 g/mol. The van der Waals surface area contributed by atoms with Crippen LogP contribution in [0.1, 0.15) is 30.7 Å². The van der Waals surface area contributed by atoms with Gasteiger partial charge in [-0.2, -0.15) is 18.3 Å². The average Bonchev–Trinajstić information content (AvgIpc) is 2.81. The predicted molar refractivity (Wildman–Crippen MR) is 52.8 cm³/mol. The van der Waals surface area contributed by atoms with E-state index in [4.69, 9.17) is 5.73 Å². The van der Waals surface area contributed by atoms with Crippen LogP contribution in [0.2, 0.25) is 0 Å². The van der Waals surface area contributed by atoms with E-state index in [0.717, 1.165) is 25.3 Å². The molecule has 1 aliphatic rings. The fraction of sp³-hybridized carbons (Fsp3) is 0.700. The molecule has 3 nitrogen and oxygen atoms in total. The monoisotopic (exact) mass is 233 g/mol. The number of nitrogens with zero attached hydrogens (tertiary/aromatic N) is 2. The second kappa shape index (κ2) is 3.48. The molecule has 1 aliphatic carbocycles. The molecular weight excluding hydrogens is 219 g/mol. The molecule has 2 rings (SSSR count). The van der Waals surface area contributed by atoms with Crippen molar-refractivity contribution >= 4 is 0 Å². The van der Waals surface area contributed by atoms with E-state index in [9.17, 15) is 13.2 Å². The van der Waals surface area contributed by atoms with Crippen molar-refractivity contribution in [2.75, 3.05) is 6.54 Å². The van der Waals surface area contributed by atoms with Gasteiger partial charge in [0.05, 0.1) is 0 Å². The van der Waals surface area contributed by atoms with Gasteiger partial charge in [-0.15, -0.1) is 0 Å². The van der Waals surface area contributed by atoms with Gasteiger partial charge in [0.25, 0.3) is 0 Å². The van der Waals surface area contributed by atoms with Crippen molar-refractivity contribution in [3.8, 4) is 0 Å². The summed E-state index contributed by atoms with van der Waals surface area (Å²) in [5, 5.41) is 3.52. The zero-order valence-corrected chi connectivity index (χ0v) is 9.01. The number of nitrogens with two attached hydrogens (primary N) is 1. The number of halogens is 3. The largest absolute Gasteiger partial charge is 0.435 e. The third kappa shape index (κ3) is 1.81. The molecule has 0 unspecified atom stereocenters.